The number of amides is 1. The molecule has 0 aromatic heterocycles. The van der Waals surface area contributed by atoms with E-state index in [1.54, 1.807) is 0 Å². The molecule has 3 rings (SSSR count). The van der Waals surface area contributed by atoms with Gasteiger partial charge >= 0.3 is 0 Å². The van der Waals surface area contributed by atoms with Crippen LogP contribution in [0.2, 0.25) is 0 Å². The second-order valence-electron chi connectivity index (χ2n) is 6.87. The van der Waals surface area contributed by atoms with Gasteiger partial charge in [0.15, 0.2) is 0 Å². The van der Waals surface area contributed by atoms with Crippen molar-refractivity contribution in [1.29, 1.82) is 0 Å². The normalized spacial score (nSPS) is 15.7. The average molecular weight is 373 g/mol. The van der Waals surface area contributed by atoms with Crippen LogP contribution in [-0.2, 0) is 11.2 Å². The van der Waals surface area contributed by atoms with Crippen LogP contribution in [0, 0.1) is 5.92 Å². The van der Waals surface area contributed by atoms with Crippen molar-refractivity contribution in [3.05, 3.63) is 71.8 Å². The summed E-state index contributed by atoms with van der Waals surface area (Å²) in [6, 6.07) is 21.0. The summed E-state index contributed by atoms with van der Waals surface area (Å²) >= 11 is 0. The zero-order chi connectivity index (χ0) is 17.3. The van der Waals surface area contributed by atoms with Gasteiger partial charge in [0, 0.05) is 5.92 Å². The highest BCUT2D eigenvalue weighted by molar-refractivity contribution is 5.85. The van der Waals surface area contributed by atoms with Crippen molar-refractivity contribution in [1.82, 2.24) is 10.6 Å². The number of benzene rings is 2. The summed E-state index contributed by atoms with van der Waals surface area (Å²) in [4.78, 5) is 12.7. The lowest BCUT2D eigenvalue weighted by Crippen LogP contribution is -2.39. The molecule has 2 N–H and O–H groups in total. The molecular weight excluding hydrogens is 344 g/mol. The van der Waals surface area contributed by atoms with Crippen molar-refractivity contribution in [2.75, 3.05) is 13.1 Å². The highest BCUT2D eigenvalue weighted by Gasteiger charge is 2.23. The van der Waals surface area contributed by atoms with Crippen LogP contribution in [0.4, 0.5) is 0 Å². The molecule has 3 nitrogen and oxygen atoms in total. The maximum Gasteiger partial charge on any atom is 0.223 e. The minimum absolute atomic E-state index is 0. The first-order valence-corrected chi connectivity index (χ1v) is 9.43. The van der Waals surface area contributed by atoms with Gasteiger partial charge in [0.05, 0.1) is 6.04 Å². The highest BCUT2D eigenvalue weighted by Crippen LogP contribution is 2.22. The first-order valence-electron chi connectivity index (χ1n) is 9.43. The van der Waals surface area contributed by atoms with Gasteiger partial charge < -0.3 is 10.6 Å². The van der Waals surface area contributed by atoms with E-state index in [4.69, 9.17) is 0 Å². The molecule has 140 valence electrons. The van der Waals surface area contributed by atoms with Crippen LogP contribution in [0.3, 0.4) is 0 Å². The van der Waals surface area contributed by atoms with E-state index in [1.165, 1.54) is 11.1 Å². The lowest BCUT2D eigenvalue weighted by atomic mass is 9.94. The summed E-state index contributed by atoms with van der Waals surface area (Å²) < 4.78 is 0. The first kappa shape index (κ1) is 20.5. The van der Waals surface area contributed by atoms with Gasteiger partial charge in [0.2, 0.25) is 5.91 Å². The largest absolute Gasteiger partial charge is 0.349 e. The Kier molecular flexibility index (Phi) is 8.66. The molecule has 1 aliphatic heterocycles. The SMILES string of the molecule is Cl.O=C(NC(CCCc1ccccc1)c1ccccc1)C1CCNCC1. The Morgan fingerprint density at radius 2 is 1.62 bits per heavy atom. The number of aryl methyl sites for hydroxylation is 1. The van der Waals surface area contributed by atoms with Crippen LogP contribution in [0.25, 0.3) is 0 Å². The number of carbonyl (C=O) groups is 1. The molecule has 1 unspecified atom stereocenters. The van der Waals surface area contributed by atoms with Crippen molar-refractivity contribution in [3.8, 4) is 0 Å². The number of nitrogens with one attached hydrogen (secondary N) is 2. The Labute approximate surface area is 163 Å². The van der Waals surface area contributed by atoms with Gasteiger partial charge in [-0.15, -0.1) is 12.4 Å². The maximum atomic E-state index is 12.7. The summed E-state index contributed by atoms with van der Waals surface area (Å²) in [5, 5.41) is 6.65. The van der Waals surface area contributed by atoms with Crippen LogP contribution in [-0.4, -0.2) is 19.0 Å². The smallest absolute Gasteiger partial charge is 0.223 e. The Bertz CT molecular complexity index is 642. The van der Waals surface area contributed by atoms with E-state index < -0.39 is 0 Å². The molecule has 1 atom stereocenters. The van der Waals surface area contributed by atoms with Crippen LogP contribution in [0.1, 0.15) is 42.9 Å². The minimum Gasteiger partial charge on any atom is -0.349 e. The third kappa shape index (κ3) is 6.15. The van der Waals surface area contributed by atoms with Crippen molar-refractivity contribution >= 4 is 18.3 Å². The molecule has 1 aliphatic rings. The zero-order valence-corrected chi connectivity index (χ0v) is 16.0. The van der Waals surface area contributed by atoms with Gasteiger partial charge in [-0.1, -0.05) is 60.7 Å². The van der Waals surface area contributed by atoms with E-state index in [9.17, 15) is 4.79 Å². The lowest BCUT2D eigenvalue weighted by molar-refractivity contribution is -0.126. The molecule has 1 fully saturated rings. The number of carbonyl (C=O) groups excluding carboxylic acids is 1. The molecular formula is C22H29ClN2O. The number of hydrogen-bond donors (Lipinski definition) is 2. The standard InChI is InChI=1S/C22H28N2O.ClH/c25-22(20-14-16-23-17-15-20)24-21(19-11-5-2-6-12-19)13-7-10-18-8-3-1-4-9-18;/h1-6,8-9,11-12,20-21,23H,7,10,13-17H2,(H,24,25);1H. The molecule has 0 bridgehead atoms. The van der Waals surface area contributed by atoms with Gasteiger partial charge in [-0.25, -0.2) is 0 Å². The minimum atomic E-state index is 0. The molecule has 0 spiro atoms. The van der Waals surface area contributed by atoms with E-state index in [1.807, 2.05) is 6.07 Å². The molecule has 4 heteroatoms. The second kappa shape index (κ2) is 11.0. The summed E-state index contributed by atoms with van der Waals surface area (Å²) in [7, 11) is 0. The fourth-order valence-corrected chi connectivity index (χ4v) is 3.54. The maximum absolute atomic E-state index is 12.7. The number of rotatable bonds is 7. The summed E-state index contributed by atoms with van der Waals surface area (Å²) in [6.07, 6.45) is 4.97. The molecule has 0 aliphatic carbocycles. The number of piperidine rings is 1. The molecule has 2 aromatic carbocycles. The van der Waals surface area contributed by atoms with Gasteiger partial charge in [-0.3, -0.25) is 4.79 Å². The summed E-state index contributed by atoms with van der Waals surface area (Å²) in [6.45, 7) is 1.89. The number of hydrogen-bond acceptors (Lipinski definition) is 2. The Morgan fingerprint density at radius 3 is 2.27 bits per heavy atom. The fourth-order valence-electron chi connectivity index (χ4n) is 3.54. The van der Waals surface area contributed by atoms with Crippen LogP contribution in [0.5, 0.6) is 0 Å². The quantitative estimate of drug-likeness (QED) is 0.761. The van der Waals surface area contributed by atoms with Crippen molar-refractivity contribution in [2.45, 2.75) is 38.1 Å². The van der Waals surface area contributed by atoms with Crippen molar-refractivity contribution in [2.24, 2.45) is 5.92 Å². The monoisotopic (exact) mass is 372 g/mol. The van der Waals surface area contributed by atoms with E-state index in [-0.39, 0.29) is 30.3 Å². The van der Waals surface area contributed by atoms with Gasteiger partial charge in [-0.2, -0.15) is 0 Å². The molecule has 0 saturated carbocycles. The van der Waals surface area contributed by atoms with Gasteiger partial charge in [0.25, 0.3) is 0 Å². The Hall–Kier alpha value is -1.84. The molecule has 2 aromatic rings. The molecule has 1 amide bonds. The first-order chi connectivity index (χ1) is 12.3. The Balaban J connectivity index is 0.00000243. The predicted octanol–water partition coefficient (Wildman–Crippen LogP) is 4.29. The topological polar surface area (TPSA) is 41.1 Å². The van der Waals surface area contributed by atoms with Gasteiger partial charge in [0.1, 0.15) is 0 Å². The molecule has 26 heavy (non-hydrogen) atoms. The number of halogens is 1. The zero-order valence-electron chi connectivity index (χ0n) is 15.2. The van der Waals surface area contributed by atoms with Crippen molar-refractivity contribution in [3.63, 3.8) is 0 Å². The van der Waals surface area contributed by atoms with Crippen LogP contribution >= 0.6 is 12.4 Å². The van der Waals surface area contributed by atoms with E-state index in [0.717, 1.165) is 45.2 Å². The second-order valence-corrected chi connectivity index (χ2v) is 6.87. The third-order valence-electron chi connectivity index (χ3n) is 5.03. The van der Waals surface area contributed by atoms with Gasteiger partial charge in [-0.05, 0) is 56.3 Å². The van der Waals surface area contributed by atoms with Crippen LogP contribution < -0.4 is 10.6 Å². The average Bonchev–Trinajstić information content (AvgIpc) is 2.69. The van der Waals surface area contributed by atoms with E-state index >= 15 is 0 Å². The van der Waals surface area contributed by atoms with E-state index in [2.05, 4.69) is 65.2 Å². The lowest BCUT2D eigenvalue weighted by Gasteiger charge is -2.26. The molecule has 1 heterocycles. The predicted molar refractivity (Wildman–Crippen MR) is 110 cm³/mol. The van der Waals surface area contributed by atoms with Crippen molar-refractivity contribution < 1.29 is 4.79 Å². The summed E-state index contributed by atoms with van der Waals surface area (Å²) in [5.41, 5.74) is 2.57. The van der Waals surface area contributed by atoms with Crippen LogP contribution in [0.15, 0.2) is 60.7 Å². The molecule has 1 saturated heterocycles. The summed E-state index contributed by atoms with van der Waals surface area (Å²) in [5.74, 6) is 0.372. The van der Waals surface area contributed by atoms with E-state index in [0.29, 0.717) is 0 Å². The fraction of sp³-hybridized carbons (Fsp3) is 0.409. The molecule has 0 radical (unpaired) electrons. The highest BCUT2D eigenvalue weighted by atomic mass is 35.5. The Morgan fingerprint density at radius 1 is 1.00 bits per heavy atom. The third-order valence-corrected chi connectivity index (χ3v) is 5.03.